The van der Waals surface area contributed by atoms with Gasteiger partial charge in [-0.3, -0.25) is 4.79 Å². The topological polar surface area (TPSA) is 76.1 Å². The molecule has 0 aromatic carbocycles. The van der Waals surface area contributed by atoms with Crippen LogP contribution in [0.5, 0.6) is 0 Å². The fourth-order valence-electron chi connectivity index (χ4n) is 0.653. The van der Waals surface area contributed by atoms with Gasteiger partial charge in [0.1, 0.15) is 11.6 Å². The molecule has 13 heavy (non-hydrogen) atoms. The van der Waals surface area contributed by atoms with E-state index in [1.54, 1.807) is 27.7 Å². The lowest BCUT2D eigenvalue weighted by Gasteiger charge is -2.22. The number of esters is 1. The standard InChI is InChI=1S/C9H16N2O2/c1-6(7(11)5-10)8(12)13-9(2,3)4/h6-7H,11H2,1-4H3/t6-,7+/m0/s1. The van der Waals surface area contributed by atoms with E-state index in [1.165, 1.54) is 0 Å². The Morgan fingerprint density at radius 2 is 2.00 bits per heavy atom. The summed E-state index contributed by atoms with van der Waals surface area (Å²) in [5.74, 6) is -1.01. The first-order valence-electron chi connectivity index (χ1n) is 4.16. The van der Waals surface area contributed by atoms with E-state index >= 15 is 0 Å². The van der Waals surface area contributed by atoms with Crippen molar-refractivity contribution in [2.75, 3.05) is 0 Å². The molecule has 0 aromatic rings. The molecule has 0 bridgehead atoms. The van der Waals surface area contributed by atoms with Crippen molar-refractivity contribution < 1.29 is 9.53 Å². The van der Waals surface area contributed by atoms with Crippen molar-refractivity contribution in [1.82, 2.24) is 0 Å². The number of rotatable bonds is 2. The Balaban J connectivity index is 4.22. The molecule has 4 nitrogen and oxygen atoms in total. The van der Waals surface area contributed by atoms with Gasteiger partial charge in [-0.1, -0.05) is 0 Å². The van der Waals surface area contributed by atoms with Crippen molar-refractivity contribution >= 4 is 5.97 Å². The van der Waals surface area contributed by atoms with Gasteiger partial charge in [0.15, 0.2) is 0 Å². The number of hydrogen-bond donors (Lipinski definition) is 1. The van der Waals surface area contributed by atoms with Crippen molar-refractivity contribution in [2.45, 2.75) is 39.3 Å². The molecule has 74 valence electrons. The maximum Gasteiger partial charge on any atom is 0.311 e. The SMILES string of the molecule is C[C@H](C(=O)OC(C)(C)C)[C@H](N)C#N. The molecule has 0 unspecified atom stereocenters. The Morgan fingerprint density at radius 3 is 2.31 bits per heavy atom. The van der Waals surface area contributed by atoms with Crippen LogP contribution in [0.3, 0.4) is 0 Å². The van der Waals surface area contributed by atoms with Crippen LogP contribution in [-0.4, -0.2) is 17.6 Å². The summed E-state index contributed by atoms with van der Waals surface area (Å²) in [6, 6.07) is 1.01. The molecular formula is C9H16N2O2. The zero-order chi connectivity index (χ0) is 10.6. The molecule has 0 heterocycles. The van der Waals surface area contributed by atoms with Crippen molar-refractivity contribution in [1.29, 1.82) is 5.26 Å². The molecule has 0 aliphatic carbocycles. The van der Waals surface area contributed by atoms with Gasteiger partial charge >= 0.3 is 5.97 Å². The Bertz CT molecular complexity index is 225. The van der Waals surface area contributed by atoms with Crippen LogP contribution in [0.4, 0.5) is 0 Å². The van der Waals surface area contributed by atoms with Crippen LogP contribution >= 0.6 is 0 Å². The number of hydrogen-bond acceptors (Lipinski definition) is 4. The minimum atomic E-state index is -0.796. The van der Waals surface area contributed by atoms with Crippen molar-refractivity contribution in [3.63, 3.8) is 0 Å². The highest BCUT2D eigenvalue weighted by Gasteiger charge is 2.25. The summed E-state index contributed by atoms with van der Waals surface area (Å²) in [5.41, 5.74) is 4.85. The number of carbonyl (C=O) groups is 1. The smallest absolute Gasteiger partial charge is 0.311 e. The second kappa shape index (κ2) is 4.24. The van der Waals surface area contributed by atoms with Crippen molar-refractivity contribution in [2.24, 2.45) is 11.7 Å². The van der Waals surface area contributed by atoms with Gasteiger partial charge in [0.05, 0.1) is 12.0 Å². The number of nitrogens with two attached hydrogens (primary N) is 1. The third-order valence-corrected chi connectivity index (χ3v) is 1.47. The lowest BCUT2D eigenvalue weighted by atomic mass is 10.0. The van der Waals surface area contributed by atoms with E-state index in [0.29, 0.717) is 0 Å². The van der Waals surface area contributed by atoms with Crippen molar-refractivity contribution in [3.05, 3.63) is 0 Å². The van der Waals surface area contributed by atoms with E-state index < -0.39 is 23.5 Å². The Labute approximate surface area is 78.7 Å². The first-order valence-corrected chi connectivity index (χ1v) is 4.16. The third kappa shape index (κ3) is 4.48. The lowest BCUT2D eigenvalue weighted by molar-refractivity contribution is -0.159. The highest BCUT2D eigenvalue weighted by Crippen LogP contribution is 2.12. The summed E-state index contributed by atoms with van der Waals surface area (Å²) >= 11 is 0. The van der Waals surface area contributed by atoms with Crippen LogP contribution in [0.25, 0.3) is 0 Å². The molecule has 0 amide bonds. The summed E-state index contributed by atoms with van der Waals surface area (Å²) < 4.78 is 5.05. The summed E-state index contributed by atoms with van der Waals surface area (Å²) in [6.45, 7) is 6.91. The van der Waals surface area contributed by atoms with Gasteiger partial charge in [-0.05, 0) is 27.7 Å². The van der Waals surface area contributed by atoms with E-state index in [-0.39, 0.29) is 0 Å². The van der Waals surface area contributed by atoms with Crippen LogP contribution in [0.15, 0.2) is 0 Å². The van der Waals surface area contributed by atoms with Crippen LogP contribution < -0.4 is 5.73 Å². The molecule has 2 atom stereocenters. The number of nitrogens with zero attached hydrogens (tertiary/aromatic N) is 1. The molecule has 0 radical (unpaired) electrons. The first kappa shape index (κ1) is 11.9. The molecule has 0 spiro atoms. The lowest BCUT2D eigenvalue weighted by Crippen LogP contribution is -2.36. The highest BCUT2D eigenvalue weighted by atomic mass is 16.6. The zero-order valence-corrected chi connectivity index (χ0v) is 8.50. The molecule has 0 aliphatic heterocycles. The molecule has 0 aromatic heterocycles. The van der Waals surface area contributed by atoms with Crippen molar-refractivity contribution in [3.8, 4) is 6.07 Å². The third-order valence-electron chi connectivity index (χ3n) is 1.47. The van der Waals surface area contributed by atoms with Gasteiger partial charge in [0, 0.05) is 0 Å². The van der Waals surface area contributed by atoms with E-state index in [1.807, 2.05) is 6.07 Å². The molecule has 0 rings (SSSR count). The van der Waals surface area contributed by atoms with E-state index in [9.17, 15) is 4.79 Å². The highest BCUT2D eigenvalue weighted by molar-refractivity contribution is 5.73. The summed E-state index contributed by atoms with van der Waals surface area (Å²) in [7, 11) is 0. The van der Waals surface area contributed by atoms with Crippen LogP contribution in [0, 0.1) is 17.2 Å². The summed E-state index contributed by atoms with van der Waals surface area (Å²) in [5, 5.41) is 8.47. The van der Waals surface area contributed by atoms with Gasteiger partial charge in [0.2, 0.25) is 0 Å². The predicted octanol–water partition coefficient (Wildman–Crippen LogP) is 0.815. The summed E-state index contributed by atoms with van der Waals surface area (Å²) in [4.78, 5) is 11.3. The number of ether oxygens (including phenoxy) is 1. The molecule has 4 heteroatoms. The zero-order valence-electron chi connectivity index (χ0n) is 8.50. The van der Waals surface area contributed by atoms with Gasteiger partial charge < -0.3 is 10.5 Å². The van der Waals surface area contributed by atoms with Gasteiger partial charge in [-0.25, -0.2) is 0 Å². The minimum Gasteiger partial charge on any atom is -0.460 e. The monoisotopic (exact) mass is 184 g/mol. The predicted molar refractivity (Wildman–Crippen MR) is 48.6 cm³/mol. The molecule has 0 saturated heterocycles. The maximum atomic E-state index is 11.3. The second-order valence-electron chi connectivity index (χ2n) is 3.98. The Hall–Kier alpha value is -1.08. The van der Waals surface area contributed by atoms with Gasteiger partial charge in [0.25, 0.3) is 0 Å². The van der Waals surface area contributed by atoms with Crippen LogP contribution in [-0.2, 0) is 9.53 Å². The van der Waals surface area contributed by atoms with Gasteiger partial charge in [-0.15, -0.1) is 0 Å². The molecule has 0 fully saturated rings. The van der Waals surface area contributed by atoms with Gasteiger partial charge in [-0.2, -0.15) is 5.26 Å². The fraction of sp³-hybridized carbons (Fsp3) is 0.778. The first-order chi connectivity index (χ1) is 5.78. The molecule has 0 saturated carbocycles. The molecular weight excluding hydrogens is 168 g/mol. The maximum absolute atomic E-state index is 11.3. The average molecular weight is 184 g/mol. The van der Waals surface area contributed by atoms with E-state index in [2.05, 4.69) is 0 Å². The normalized spacial score (nSPS) is 15.7. The van der Waals surface area contributed by atoms with Crippen LogP contribution in [0.2, 0.25) is 0 Å². The largest absolute Gasteiger partial charge is 0.460 e. The Morgan fingerprint density at radius 1 is 1.54 bits per heavy atom. The quantitative estimate of drug-likeness (QED) is 0.644. The molecule has 0 aliphatic rings. The van der Waals surface area contributed by atoms with Crippen LogP contribution in [0.1, 0.15) is 27.7 Å². The number of nitriles is 1. The average Bonchev–Trinajstić information content (AvgIpc) is 1.98. The fourth-order valence-corrected chi connectivity index (χ4v) is 0.653. The molecule has 2 N–H and O–H groups in total. The minimum absolute atomic E-state index is 0.429. The Kier molecular flexibility index (Phi) is 3.89. The second-order valence-corrected chi connectivity index (χ2v) is 3.98. The summed E-state index contributed by atoms with van der Waals surface area (Å²) in [6.07, 6.45) is 0. The van der Waals surface area contributed by atoms with E-state index in [0.717, 1.165) is 0 Å². The van der Waals surface area contributed by atoms with E-state index in [4.69, 9.17) is 15.7 Å². The number of carbonyl (C=O) groups excluding carboxylic acids is 1.